The van der Waals surface area contributed by atoms with E-state index >= 15 is 0 Å². The van der Waals surface area contributed by atoms with Crippen LogP contribution >= 0.6 is 0 Å². The summed E-state index contributed by atoms with van der Waals surface area (Å²) in [6.07, 6.45) is 6.31. The second-order valence-corrected chi connectivity index (χ2v) is 6.80. The first kappa shape index (κ1) is 19.0. The molecule has 1 N–H and O–H groups in total. The zero-order valence-electron chi connectivity index (χ0n) is 16.2. The molecule has 27 heavy (non-hydrogen) atoms. The van der Waals surface area contributed by atoms with Gasteiger partial charge in [0.05, 0.1) is 12.8 Å². The molecule has 0 spiro atoms. The van der Waals surface area contributed by atoms with Crippen LogP contribution in [0, 0.1) is 6.92 Å². The van der Waals surface area contributed by atoms with E-state index in [-0.39, 0.29) is 11.8 Å². The number of hydrogen-bond acceptors (Lipinski definition) is 3. The third-order valence-electron chi connectivity index (χ3n) is 4.85. The van der Waals surface area contributed by atoms with Gasteiger partial charge in [-0.2, -0.15) is 0 Å². The number of fused-ring (bicyclic) bond motifs is 1. The molecule has 0 bridgehead atoms. The first-order chi connectivity index (χ1) is 13.1. The van der Waals surface area contributed by atoms with Gasteiger partial charge in [-0.3, -0.25) is 4.79 Å². The maximum Gasteiger partial charge on any atom is 0.221 e. The summed E-state index contributed by atoms with van der Waals surface area (Å²) in [7, 11) is 1.66. The molecule has 0 unspecified atom stereocenters. The highest BCUT2D eigenvalue weighted by atomic mass is 16.5. The van der Waals surface area contributed by atoms with Crippen molar-refractivity contribution in [2.45, 2.75) is 39.0 Å². The molecule has 1 atom stereocenters. The van der Waals surface area contributed by atoms with E-state index in [0.29, 0.717) is 13.0 Å². The Morgan fingerprint density at radius 2 is 2.15 bits per heavy atom. The van der Waals surface area contributed by atoms with Gasteiger partial charge in [-0.05, 0) is 42.7 Å². The van der Waals surface area contributed by atoms with E-state index in [1.54, 1.807) is 7.11 Å². The van der Waals surface area contributed by atoms with Gasteiger partial charge >= 0.3 is 0 Å². The van der Waals surface area contributed by atoms with Crippen molar-refractivity contribution in [3.63, 3.8) is 0 Å². The van der Waals surface area contributed by atoms with Crippen LogP contribution in [-0.4, -0.2) is 28.9 Å². The summed E-state index contributed by atoms with van der Waals surface area (Å²) < 4.78 is 7.47. The van der Waals surface area contributed by atoms with Crippen molar-refractivity contribution in [2.24, 2.45) is 0 Å². The van der Waals surface area contributed by atoms with Crippen LogP contribution in [0.1, 0.15) is 48.9 Å². The number of aromatic nitrogens is 2. The summed E-state index contributed by atoms with van der Waals surface area (Å²) in [5.74, 6) is 0.742. The lowest BCUT2D eigenvalue weighted by Gasteiger charge is -2.18. The predicted octanol–water partition coefficient (Wildman–Crippen LogP) is 4.09. The van der Waals surface area contributed by atoms with Crippen LogP contribution in [0.15, 0.2) is 48.8 Å². The SMILES string of the molecule is CCCCNC(=O)C[C@@H](c1cccc(OC)c1)c1cnc2c(C)cccn12. The third-order valence-corrected chi connectivity index (χ3v) is 4.85. The molecular weight excluding hydrogens is 338 g/mol. The van der Waals surface area contributed by atoms with Gasteiger partial charge in [0.25, 0.3) is 0 Å². The van der Waals surface area contributed by atoms with Crippen molar-refractivity contribution >= 4 is 11.6 Å². The van der Waals surface area contributed by atoms with Gasteiger partial charge < -0.3 is 14.5 Å². The lowest BCUT2D eigenvalue weighted by molar-refractivity contribution is -0.121. The fourth-order valence-corrected chi connectivity index (χ4v) is 3.34. The number of aryl methyl sites for hydroxylation is 1. The number of carbonyl (C=O) groups is 1. The standard InChI is InChI=1S/C22H27N3O2/c1-4-5-11-23-21(26)14-19(17-9-6-10-18(13-17)27-3)20-15-24-22-16(2)8-7-12-25(20)22/h6-10,12-13,15,19H,4-5,11,14H2,1-3H3,(H,23,26)/t19-/m0/s1. The molecule has 2 heterocycles. The Kier molecular flexibility index (Phi) is 6.12. The van der Waals surface area contributed by atoms with Crippen molar-refractivity contribution in [2.75, 3.05) is 13.7 Å². The quantitative estimate of drug-likeness (QED) is 0.612. The minimum Gasteiger partial charge on any atom is -0.497 e. The highest BCUT2D eigenvalue weighted by Crippen LogP contribution is 2.31. The van der Waals surface area contributed by atoms with E-state index < -0.39 is 0 Å². The number of unbranched alkanes of at least 4 members (excludes halogenated alkanes) is 1. The molecule has 0 radical (unpaired) electrons. The first-order valence-electron chi connectivity index (χ1n) is 9.47. The maximum atomic E-state index is 12.6. The van der Waals surface area contributed by atoms with Gasteiger partial charge in [0, 0.05) is 31.3 Å². The smallest absolute Gasteiger partial charge is 0.221 e. The number of imidazole rings is 1. The van der Waals surface area contributed by atoms with E-state index in [2.05, 4.69) is 21.6 Å². The highest BCUT2D eigenvalue weighted by Gasteiger charge is 2.22. The number of carbonyl (C=O) groups excluding carboxylic acids is 1. The Morgan fingerprint density at radius 1 is 1.30 bits per heavy atom. The van der Waals surface area contributed by atoms with Crippen LogP contribution in [0.2, 0.25) is 0 Å². The average molecular weight is 365 g/mol. The summed E-state index contributed by atoms with van der Waals surface area (Å²) >= 11 is 0. The van der Waals surface area contributed by atoms with Crippen LogP contribution in [0.5, 0.6) is 5.75 Å². The number of benzene rings is 1. The fourth-order valence-electron chi connectivity index (χ4n) is 3.34. The molecule has 0 aliphatic heterocycles. The Balaban J connectivity index is 1.98. The molecule has 142 valence electrons. The molecule has 1 aromatic carbocycles. The van der Waals surface area contributed by atoms with E-state index in [0.717, 1.165) is 41.1 Å². The minimum absolute atomic E-state index is 0.0545. The number of nitrogens with one attached hydrogen (secondary N) is 1. The van der Waals surface area contributed by atoms with E-state index in [1.807, 2.05) is 55.7 Å². The number of methoxy groups -OCH3 is 1. The van der Waals surface area contributed by atoms with Crippen LogP contribution in [0.25, 0.3) is 5.65 Å². The summed E-state index contributed by atoms with van der Waals surface area (Å²) in [6.45, 7) is 4.88. The van der Waals surface area contributed by atoms with Gasteiger partial charge in [-0.1, -0.05) is 31.5 Å². The van der Waals surface area contributed by atoms with Gasteiger partial charge in [0.15, 0.2) is 0 Å². The molecule has 0 saturated carbocycles. The lowest BCUT2D eigenvalue weighted by Crippen LogP contribution is -2.26. The van der Waals surface area contributed by atoms with E-state index in [9.17, 15) is 4.79 Å². The second-order valence-electron chi connectivity index (χ2n) is 6.80. The van der Waals surface area contributed by atoms with Crippen molar-refractivity contribution in [1.29, 1.82) is 0 Å². The van der Waals surface area contributed by atoms with Crippen LogP contribution in [0.4, 0.5) is 0 Å². The molecule has 5 nitrogen and oxygen atoms in total. The third kappa shape index (κ3) is 4.30. The maximum absolute atomic E-state index is 12.6. The summed E-state index contributed by atoms with van der Waals surface area (Å²) in [6, 6.07) is 12.0. The Morgan fingerprint density at radius 3 is 2.93 bits per heavy atom. The molecule has 5 heteroatoms. The van der Waals surface area contributed by atoms with Crippen molar-refractivity contribution in [3.8, 4) is 5.75 Å². The predicted molar refractivity (Wildman–Crippen MR) is 107 cm³/mol. The number of ether oxygens (including phenoxy) is 1. The minimum atomic E-state index is -0.0986. The number of hydrogen-bond donors (Lipinski definition) is 1. The van der Waals surface area contributed by atoms with Crippen LogP contribution in [0.3, 0.4) is 0 Å². The van der Waals surface area contributed by atoms with Crippen LogP contribution in [-0.2, 0) is 4.79 Å². The number of rotatable bonds is 8. The summed E-state index contributed by atoms with van der Waals surface area (Å²) in [4.78, 5) is 17.2. The first-order valence-corrected chi connectivity index (χ1v) is 9.47. The summed E-state index contributed by atoms with van der Waals surface area (Å²) in [5, 5.41) is 3.03. The lowest BCUT2D eigenvalue weighted by atomic mass is 9.92. The van der Waals surface area contributed by atoms with Gasteiger partial charge in [-0.15, -0.1) is 0 Å². The van der Waals surface area contributed by atoms with Gasteiger partial charge in [0.1, 0.15) is 11.4 Å². The molecule has 0 saturated heterocycles. The zero-order valence-corrected chi connectivity index (χ0v) is 16.2. The second kappa shape index (κ2) is 8.71. The molecular formula is C22H27N3O2. The van der Waals surface area contributed by atoms with Gasteiger partial charge in [0.2, 0.25) is 5.91 Å². The zero-order chi connectivity index (χ0) is 19.2. The van der Waals surface area contributed by atoms with Crippen molar-refractivity contribution < 1.29 is 9.53 Å². The molecule has 3 rings (SSSR count). The van der Waals surface area contributed by atoms with Crippen molar-refractivity contribution in [3.05, 3.63) is 65.6 Å². The topological polar surface area (TPSA) is 55.6 Å². The largest absolute Gasteiger partial charge is 0.497 e. The van der Waals surface area contributed by atoms with E-state index in [1.165, 1.54) is 0 Å². The summed E-state index contributed by atoms with van der Waals surface area (Å²) in [5.41, 5.74) is 4.09. The number of pyridine rings is 1. The monoisotopic (exact) mass is 365 g/mol. The Labute approximate surface area is 160 Å². The van der Waals surface area contributed by atoms with Crippen LogP contribution < -0.4 is 10.1 Å². The normalized spacial score (nSPS) is 12.1. The van der Waals surface area contributed by atoms with Crippen molar-refractivity contribution in [1.82, 2.24) is 14.7 Å². The molecule has 2 aromatic heterocycles. The fraction of sp³-hybridized carbons (Fsp3) is 0.364. The molecule has 0 aliphatic carbocycles. The average Bonchev–Trinajstić information content (AvgIpc) is 3.11. The molecule has 3 aromatic rings. The number of nitrogens with zero attached hydrogens (tertiary/aromatic N) is 2. The number of amides is 1. The highest BCUT2D eigenvalue weighted by molar-refractivity contribution is 5.77. The van der Waals surface area contributed by atoms with Gasteiger partial charge in [-0.25, -0.2) is 4.98 Å². The Bertz CT molecular complexity index is 917. The molecule has 0 aliphatic rings. The van der Waals surface area contributed by atoms with E-state index in [4.69, 9.17) is 4.74 Å². The molecule has 1 amide bonds. The molecule has 0 fully saturated rings. The Hall–Kier alpha value is -2.82.